The fraction of sp³-hybridized carbons (Fsp3) is 0. The highest BCUT2D eigenvalue weighted by molar-refractivity contribution is 6.00. The first kappa shape index (κ1) is 22.0. The molecule has 4 aromatic heterocycles. The molecule has 0 amide bonds. The molecule has 0 spiro atoms. The third-order valence-electron chi connectivity index (χ3n) is 6.84. The minimum Gasteiger partial charge on any atom is -0.256 e. The van der Waals surface area contributed by atoms with E-state index in [4.69, 9.17) is 9.97 Å². The van der Waals surface area contributed by atoms with E-state index >= 15 is 0 Å². The van der Waals surface area contributed by atoms with Crippen molar-refractivity contribution >= 4 is 21.5 Å². The Kier molecular flexibility index (Phi) is 5.41. The molecule has 3 aromatic carbocycles. The molecule has 0 aliphatic heterocycles. The summed E-state index contributed by atoms with van der Waals surface area (Å²) in [6.07, 6.45) is 7.38. The van der Waals surface area contributed by atoms with Crippen molar-refractivity contribution in [3.05, 3.63) is 134 Å². The van der Waals surface area contributed by atoms with Gasteiger partial charge in [-0.05, 0) is 94.3 Å². The van der Waals surface area contributed by atoms with Gasteiger partial charge < -0.3 is 0 Å². The summed E-state index contributed by atoms with van der Waals surface area (Å²) in [5, 5.41) is 4.77. The maximum atomic E-state index is 4.71. The summed E-state index contributed by atoms with van der Waals surface area (Å²) in [6, 6.07) is 37.6. The van der Waals surface area contributed by atoms with Crippen molar-refractivity contribution in [2.45, 2.75) is 0 Å². The number of hydrogen-bond acceptors (Lipinski definition) is 4. The monoisotopic (exact) mass is 486 g/mol. The Morgan fingerprint density at radius 1 is 0.316 bits per heavy atom. The lowest BCUT2D eigenvalue weighted by molar-refractivity contribution is 1.28. The molecule has 7 rings (SSSR count). The maximum absolute atomic E-state index is 4.71. The van der Waals surface area contributed by atoms with Gasteiger partial charge in [-0.25, -0.2) is 0 Å². The highest BCUT2D eigenvalue weighted by Gasteiger charge is 2.07. The van der Waals surface area contributed by atoms with E-state index in [1.165, 1.54) is 21.5 Å². The van der Waals surface area contributed by atoms with Gasteiger partial charge in [-0.1, -0.05) is 36.4 Å². The van der Waals surface area contributed by atoms with E-state index < -0.39 is 0 Å². The van der Waals surface area contributed by atoms with E-state index in [1.54, 1.807) is 12.4 Å². The molecule has 0 fully saturated rings. The van der Waals surface area contributed by atoms with Crippen LogP contribution < -0.4 is 0 Å². The zero-order valence-electron chi connectivity index (χ0n) is 20.5. The van der Waals surface area contributed by atoms with Crippen molar-refractivity contribution in [3.63, 3.8) is 0 Å². The van der Waals surface area contributed by atoms with Crippen molar-refractivity contribution in [3.8, 4) is 45.0 Å². The van der Waals surface area contributed by atoms with Gasteiger partial charge in [0.2, 0.25) is 0 Å². The molecular weight excluding hydrogens is 464 g/mol. The first-order valence-corrected chi connectivity index (χ1v) is 12.5. The molecule has 7 aromatic rings. The van der Waals surface area contributed by atoms with Crippen LogP contribution in [-0.4, -0.2) is 19.9 Å². The molecule has 0 bridgehead atoms. The molecule has 38 heavy (non-hydrogen) atoms. The average Bonchev–Trinajstić information content (AvgIpc) is 3.00. The lowest BCUT2D eigenvalue weighted by Crippen LogP contribution is -1.88. The number of benzene rings is 3. The summed E-state index contributed by atoms with van der Waals surface area (Å²) < 4.78 is 0. The second kappa shape index (κ2) is 9.34. The second-order valence-electron chi connectivity index (χ2n) is 9.27. The highest BCUT2D eigenvalue weighted by Crippen LogP contribution is 2.31. The van der Waals surface area contributed by atoms with Crippen molar-refractivity contribution in [1.82, 2.24) is 19.9 Å². The molecule has 0 aliphatic carbocycles. The van der Waals surface area contributed by atoms with Crippen LogP contribution in [0.2, 0.25) is 0 Å². The van der Waals surface area contributed by atoms with Gasteiger partial charge in [0.1, 0.15) is 0 Å². The summed E-state index contributed by atoms with van der Waals surface area (Å²) in [7, 11) is 0. The molecule has 0 N–H and O–H groups in total. The maximum Gasteiger partial charge on any atom is 0.0717 e. The van der Waals surface area contributed by atoms with Gasteiger partial charge >= 0.3 is 0 Å². The second-order valence-corrected chi connectivity index (χ2v) is 9.27. The number of hydrogen-bond donors (Lipinski definition) is 0. The van der Waals surface area contributed by atoms with E-state index in [2.05, 4.69) is 82.8 Å². The summed E-state index contributed by atoms with van der Waals surface area (Å²) >= 11 is 0. The Morgan fingerprint density at radius 3 is 1.16 bits per heavy atom. The Morgan fingerprint density at radius 2 is 0.763 bits per heavy atom. The van der Waals surface area contributed by atoms with E-state index in [1.807, 2.05) is 48.8 Å². The van der Waals surface area contributed by atoms with Crippen molar-refractivity contribution < 1.29 is 0 Å². The predicted molar refractivity (Wildman–Crippen MR) is 154 cm³/mol. The standard InChI is InChI=1S/C34H22N4/c1-3-15-35-31(5-1)27-11-13-33(37-21-27)25-9-7-23-18-30-20-26(10-8-24(30)17-29(23)19-25)34-14-12-28(22-38-34)32-6-2-4-16-36-32/h1-22H. The minimum absolute atomic E-state index is 0.926. The van der Waals surface area contributed by atoms with Gasteiger partial charge in [0.25, 0.3) is 0 Å². The molecular formula is C34H22N4. The van der Waals surface area contributed by atoms with Crippen LogP contribution in [0.3, 0.4) is 0 Å². The Labute approximate surface area is 220 Å². The third-order valence-corrected chi connectivity index (χ3v) is 6.84. The molecule has 4 heterocycles. The third kappa shape index (κ3) is 4.18. The van der Waals surface area contributed by atoms with E-state index in [9.17, 15) is 0 Å². The summed E-state index contributed by atoms with van der Waals surface area (Å²) in [6.45, 7) is 0. The van der Waals surface area contributed by atoms with E-state index in [0.29, 0.717) is 0 Å². The molecule has 0 radical (unpaired) electrons. The minimum atomic E-state index is 0.926. The molecule has 0 saturated heterocycles. The van der Waals surface area contributed by atoms with Gasteiger partial charge in [0.15, 0.2) is 0 Å². The fourth-order valence-corrected chi connectivity index (χ4v) is 4.82. The smallest absolute Gasteiger partial charge is 0.0717 e. The Hall–Kier alpha value is -5.22. The van der Waals surface area contributed by atoms with Gasteiger partial charge in [-0.3, -0.25) is 19.9 Å². The van der Waals surface area contributed by atoms with Crippen LogP contribution in [0, 0.1) is 0 Å². The van der Waals surface area contributed by atoms with Crippen LogP contribution in [0.1, 0.15) is 0 Å². The van der Waals surface area contributed by atoms with Gasteiger partial charge in [0, 0.05) is 47.0 Å². The molecule has 0 atom stereocenters. The summed E-state index contributed by atoms with van der Waals surface area (Å²) in [5.74, 6) is 0. The number of nitrogens with zero attached hydrogens (tertiary/aromatic N) is 4. The summed E-state index contributed by atoms with van der Waals surface area (Å²) in [5.41, 5.74) is 7.96. The molecule has 0 saturated carbocycles. The number of pyridine rings is 4. The zero-order valence-corrected chi connectivity index (χ0v) is 20.5. The van der Waals surface area contributed by atoms with Gasteiger partial charge in [-0.2, -0.15) is 0 Å². The van der Waals surface area contributed by atoms with Gasteiger partial charge in [0.05, 0.1) is 22.8 Å². The van der Waals surface area contributed by atoms with Crippen molar-refractivity contribution in [1.29, 1.82) is 0 Å². The number of fused-ring (bicyclic) bond motifs is 2. The first-order valence-electron chi connectivity index (χ1n) is 12.5. The van der Waals surface area contributed by atoms with E-state index in [-0.39, 0.29) is 0 Å². The lowest BCUT2D eigenvalue weighted by atomic mass is 9.98. The molecule has 178 valence electrons. The largest absolute Gasteiger partial charge is 0.256 e. The molecule has 4 nitrogen and oxygen atoms in total. The van der Waals surface area contributed by atoms with E-state index in [0.717, 1.165) is 45.0 Å². The fourth-order valence-electron chi connectivity index (χ4n) is 4.82. The van der Waals surface area contributed by atoms with Crippen LogP contribution in [0.25, 0.3) is 66.6 Å². The first-order chi connectivity index (χ1) is 18.8. The van der Waals surface area contributed by atoms with Gasteiger partial charge in [-0.15, -0.1) is 0 Å². The number of aromatic nitrogens is 4. The van der Waals surface area contributed by atoms with Crippen LogP contribution in [0.15, 0.2) is 134 Å². The number of rotatable bonds is 4. The van der Waals surface area contributed by atoms with Crippen molar-refractivity contribution in [2.75, 3.05) is 0 Å². The van der Waals surface area contributed by atoms with Crippen LogP contribution in [0.5, 0.6) is 0 Å². The quantitative estimate of drug-likeness (QED) is 0.235. The predicted octanol–water partition coefficient (Wildman–Crippen LogP) is 8.24. The highest BCUT2D eigenvalue weighted by atomic mass is 14.7. The van der Waals surface area contributed by atoms with Crippen molar-refractivity contribution in [2.24, 2.45) is 0 Å². The molecule has 4 heteroatoms. The lowest BCUT2D eigenvalue weighted by Gasteiger charge is -2.09. The molecule has 0 aliphatic rings. The zero-order chi connectivity index (χ0) is 25.3. The SMILES string of the molecule is c1ccc(-c2ccc(-c3ccc4cc5cc(-c6ccc(-c7ccccn7)cn6)ccc5cc4c3)nc2)nc1. The summed E-state index contributed by atoms with van der Waals surface area (Å²) in [4.78, 5) is 18.3. The Bertz CT molecular complexity index is 1740. The topological polar surface area (TPSA) is 51.6 Å². The Balaban J connectivity index is 1.19. The molecule has 0 unspecified atom stereocenters. The van der Waals surface area contributed by atoms with Crippen LogP contribution in [-0.2, 0) is 0 Å². The normalized spacial score (nSPS) is 11.2. The van der Waals surface area contributed by atoms with Crippen LogP contribution >= 0.6 is 0 Å². The van der Waals surface area contributed by atoms with Crippen LogP contribution in [0.4, 0.5) is 0 Å². The average molecular weight is 487 g/mol.